The van der Waals surface area contributed by atoms with Crippen LogP contribution in [0.4, 0.5) is 13.2 Å². The van der Waals surface area contributed by atoms with Crippen LogP contribution in [-0.4, -0.2) is 11.3 Å². The first-order chi connectivity index (χ1) is 7.38. The van der Waals surface area contributed by atoms with Gasteiger partial charge in [0.25, 0.3) is 0 Å². The molecule has 0 spiro atoms. The summed E-state index contributed by atoms with van der Waals surface area (Å²) in [5.74, 6) is 0. The topological polar surface area (TPSA) is 20.2 Å². The lowest BCUT2D eigenvalue weighted by atomic mass is 10.0. The first kappa shape index (κ1) is 13.3. The summed E-state index contributed by atoms with van der Waals surface area (Å²) in [6.07, 6.45) is -5.86. The van der Waals surface area contributed by atoms with E-state index in [2.05, 4.69) is 0 Å². The molecule has 5 heteroatoms. The van der Waals surface area contributed by atoms with Crippen LogP contribution in [0.25, 0.3) is 0 Å². The highest BCUT2D eigenvalue weighted by molar-refractivity contribution is 6.30. The van der Waals surface area contributed by atoms with Gasteiger partial charge in [-0.2, -0.15) is 13.2 Å². The van der Waals surface area contributed by atoms with Crippen molar-refractivity contribution in [3.05, 3.63) is 34.9 Å². The highest BCUT2D eigenvalue weighted by Crippen LogP contribution is 2.26. The van der Waals surface area contributed by atoms with E-state index in [-0.39, 0.29) is 12.8 Å². The lowest BCUT2D eigenvalue weighted by molar-refractivity contribution is -0.136. The molecule has 0 amide bonds. The molecule has 1 nitrogen and oxygen atoms in total. The third-order valence-corrected chi connectivity index (χ3v) is 2.44. The van der Waals surface area contributed by atoms with E-state index in [1.807, 2.05) is 0 Å². The van der Waals surface area contributed by atoms with E-state index < -0.39 is 18.7 Å². The maximum Gasteiger partial charge on any atom is 0.389 e. The zero-order chi connectivity index (χ0) is 12.2. The minimum Gasteiger partial charge on any atom is -0.388 e. The van der Waals surface area contributed by atoms with Crippen molar-refractivity contribution < 1.29 is 18.3 Å². The summed E-state index contributed by atoms with van der Waals surface area (Å²) in [6.45, 7) is 0. The number of alkyl halides is 3. The van der Waals surface area contributed by atoms with Crippen LogP contribution in [0, 0.1) is 0 Å². The molecule has 0 aliphatic heterocycles. The van der Waals surface area contributed by atoms with Gasteiger partial charge >= 0.3 is 6.18 Å². The number of aliphatic hydroxyl groups excluding tert-OH is 1. The first-order valence-electron chi connectivity index (χ1n) is 4.89. The van der Waals surface area contributed by atoms with E-state index >= 15 is 0 Å². The molecule has 16 heavy (non-hydrogen) atoms. The maximum absolute atomic E-state index is 11.9. The summed E-state index contributed by atoms with van der Waals surface area (Å²) >= 11 is 5.65. The standard InChI is InChI=1S/C11H12ClF3O/c12-9-5-3-8(4-6-9)10(16)2-1-7-11(13,14)15/h3-6,10,16H,1-2,7H2. The zero-order valence-corrected chi connectivity index (χ0v) is 9.22. The second-order valence-electron chi connectivity index (χ2n) is 3.57. The second kappa shape index (κ2) is 5.55. The predicted octanol–water partition coefficient (Wildman–Crippen LogP) is 4.11. The van der Waals surface area contributed by atoms with Gasteiger partial charge in [0, 0.05) is 11.4 Å². The molecule has 0 radical (unpaired) electrons. The van der Waals surface area contributed by atoms with Crippen molar-refractivity contribution in [3.63, 3.8) is 0 Å². The van der Waals surface area contributed by atoms with Crippen LogP contribution in [0.3, 0.4) is 0 Å². The van der Waals surface area contributed by atoms with E-state index in [9.17, 15) is 18.3 Å². The van der Waals surface area contributed by atoms with Crippen molar-refractivity contribution in [3.8, 4) is 0 Å². The number of aliphatic hydroxyl groups is 1. The molecule has 1 atom stereocenters. The molecular formula is C11H12ClF3O. The van der Waals surface area contributed by atoms with Crippen LogP contribution in [-0.2, 0) is 0 Å². The van der Waals surface area contributed by atoms with Gasteiger partial charge in [-0.3, -0.25) is 0 Å². The van der Waals surface area contributed by atoms with Crippen LogP contribution >= 0.6 is 11.6 Å². The van der Waals surface area contributed by atoms with Gasteiger partial charge in [-0.25, -0.2) is 0 Å². The van der Waals surface area contributed by atoms with Crippen LogP contribution in [0.1, 0.15) is 30.9 Å². The van der Waals surface area contributed by atoms with Gasteiger partial charge in [-0.1, -0.05) is 23.7 Å². The average molecular weight is 253 g/mol. The molecule has 0 fully saturated rings. The Kier molecular flexibility index (Phi) is 4.62. The Bertz CT molecular complexity index is 321. The largest absolute Gasteiger partial charge is 0.389 e. The molecule has 90 valence electrons. The van der Waals surface area contributed by atoms with Gasteiger partial charge < -0.3 is 5.11 Å². The molecule has 1 N–H and O–H groups in total. The molecule has 0 saturated carbocycles. The monoisotopic (exact) mass is 252 g/mol. The Hall–Kier alpha value is -0.740. The summed E-state index contributed by atoms with van der Waals surface area (Å²) in [5, 5.41) is 10.1. The van der Waals surface area contributed by atoms with E-state index in [4.69, 9.17) is 11.6 Å². The third-order valence-electron chi connectivity index (χ3n) is 2.19. The lowest BCUT2D eigenvalue weighted by Crippen LogP contribution is -2.08. The summed E-state index contributed by atoms with van der Waals surface area (Å²) < 4.78 is 35.6. The number of halogens is 4. The Morgan fingerprint density at radius 3 is 2.25 bits per heavy atom. The second-order valence-corrected chi connectivity index (χ2v) is 4.01. The molecule has 1 unspecified atom stereocenters. The van der Waals surface area contributed by atoms with Gasteiger partial charge in [0.1, 0.15) is 0 Å². The first-order valence-corrected chi connectivity index (χ1v) is 5.26. The molecule has 0 aliphatic rings. The third kappa shape index (κ3) is 4.86. The fourth-order valence-electron chi connectivity index (χ4n) is 1.35. The maximum atomic E-state index is 11.9. The van der Waals surface area contributed by atoms with Crippen molar-refractivity contribution in [2.45, 2.75) is 31.5 Å². The molecule has 0 heterocycles. The van der Waals surface area contributed by atoms with Crippen molar-refractivity contribution in [1.82, 2.24) is 0 Å². The zero-order valence-electron chi connectivity index (χ0n) is 8.47. The SMILES string of the molecule is OC(CCCC(F)(F)F)c1ccc(Cl)cc1. The molecular weight excluding hydrogens is 241 g/mol. The number of hydrogen-bond donors (Lipinski definition) is 1. The Morgan fingerprint density at radius 1 is 1.19 bits per heavy atom. The van der Waals surface area contributed by atoms with Gasteiger partial charge in [0.15, 0.2) is 0 Å². The normalized spacial score (nSPS) is 13.8. The van der Waals surface area contributed by atoms with Crippen LogP contribution < -0.4 is 0 Å². The van der Waals surface area contributed by atoms with Gasteiger partial charge in [-0.15, -0.1) is 0 Å². The quantitative estimate of drug-likeness (QED) is 0.855. The van der Waals surface area contributed by atoms with Gasteiger partial charge in [0.05, 0.1) is 6.10 Å². The van der Waals surface area contributed by atoms with E-state index in [1.54, 1.807) is 24.3 Å². The summed E-state index contributed by atoms with van der Waals surface area (Å²) in [7, 11) is 0. The van der Waals surface area contributed by atoms with Crippen LogP contribution in [0.15, 0.2) is 24.3 Å². The Labute approximate surface area is 96.9 Å². The smallest absolute Gasteiger partial charge is 0.388 e. The van der Waals surface area contributed by atoms with Crippen molar-refractivity contribution in [2.75, 3.05) is 0 Å². The van der Waals surface area contributed by atoms with Gasteiger partial charge in [-0.05, 0) is 30.5 Å². The van der Waals surface area contributed by atoms with E-state index in [0.717, 1.165) is 0 Å². The summed E-state index contributed by atoms with van der Waals surface area (Å²) in [6, 6.07) is 6.43. The molecule has 0 aromatic heterocycles. The van der Waals surface area contributed by atoms with E-state index in [0.29, 0.717) is 10.6 Å². The van der Waals surface area contributed by atoms with Crippen LogP contribution in [0.2, 0.25) is 5.02 Å². The Morgan fingerprint density at radius 2 is 1.75 bits per heavy atom. The Balaban J connectivity index is 2.41. The number of benzene rings is 1. The highest BCUT2D eigenvalue weighted by atomic mass is 35.5. The molecule has 0 bridgehead atoms. The minimum absolute atomic E-state index is 0.0761. The molecule has 1 rings (SSSR count). The number of rotatable bonds is 4. The van der Waals surface area contributed by atoms with Crippen molar-refractivity contribution >= 4 is 11.6 Å². The predicted molar refractivity (Wildman–Crippen MR) is 56.3 cm³/mol. The fourth-order valence-corrected chi connectivity index (χ4v) is 1.47. The minimum atomic E-state index is -4.15. The summed E-state index contributed by atoms with van der Waals surface area (Å²) in [5.41, 5.74) is 0.589. The molecule has 0 saturated heterocycles. The van der Waals surface area contributed by atoms with Gasteiger partial charge in [0.2, 0.25) is 0 Å². The summed E-state index contributed by atoms with van der Waals surface area (Å²) in [4.78, 5) is 0. The van der Waals surface area contributed by atoms with E-state index in [1.165, 1.54) is 0 Å². The van der Waals surface area contributed by atoms with Crippen LogP contribution in [0.5, 0.6) is 0 Å². The lowest BCUT2D eigenvalue weighted by Gasteiger charge is -2.11. The molecule has 1 aromatic rings. The molecule has 1 aromatic carbocycles. The van der Waals surface area contributed by atoms with Crippen molar-refractivity contribution in [1.29, 1.82) is 0 Å². The highest BCUT2D eigenvalue weighted by Gasteiger charge is 2.26. The number of hydrogen-bond acceptors (Lipinski definition) is 1. The van der Waals surface area contributed by atoms with Crippen molar-refractivity contribution in [2.24, 2.45) is 0 Å². The molecule has 0 aliphatic carbocycles. The fraction of sp³-hybridized carbons (Fsp3) is 0.455. The average Bonchev–Trinajstić information content (AvgIpc) is 2.16.